The highest BCUT2D eigenvalue weighted by molar-refractivity contribution is 5.78. The van der Waals surface area contributed by atoms with E-state index < -0.39 is 0 Å². The lowest BCUT2D eigenvalue weighted by molar-refractivity contribution is -0.147. The van der Waals surface area contributed by atoms with Crippen molar-refractivity contribution in [3.8, 4) is 0 Å². The topological polar surface area (TPSA) is 55.6 Å². The SMILES string of the molecule is CCC1CN(C(=O)C(C)CN)CC(C)O1. The Hall–Kier alpha value is -0.610. The number of carbonyl (C=O) groups excluding carboxylic acids is 1. The predicted octanol–water partition coefficient (Wildman–Crippen LogP) is 0.607. The molecule has 1 amide bonds. The minimum Gasteiger partial charge on any atom is -0.372 e. The van der Waals surface area contributed by atoms with E-state index in [0.29, 0.717) is 19.6 Å². The summed E-state index contributed by atoms with van der Waals surface area (Å²) >= 11 is 0. The molecule has 4 nitrogen and oxygen atoms in total. The molecule has 1 rings (SSSR count). The Bertz CT molecular complexity index is 221. The standard InChI is InChI=1S/C11H22N2O2/c1-4-10-7-13(6-9(3)15-10)11(14)8(2)5-12/h8-10H,4-7,12H2,1-3H3. The maximum Gasteiger partial charge on any atom is 0.226 e. The van der Waals surface area contributed by atoms with E-state index in [4.69, 9.17) is 10.5 Å². The maximum atomic E-state index is 11.9. The van der Waals surface area contributed by atoms with Crippen LogP contribution in [-0.2, 0) is 9.53 Å². The predicted molar refractivity (Wildman–Crippen MR) is 59.4 cm³/mol. The van der Waals surface area contributed by atoms with Crippen LogP contribution in [0.4, 0.5) is 0 Å². The number of rotatable bonds is 3. The minimum absolute atomic E-state index is 0.0761. The third kappa shape index (κ3) is 3.18. The average Bonchev–Trinajstić information content (AvgIpc) is 2.26. The molecule has 0 bridgehead atoms. The van der Waals surface area contributed by atoms with Gasteiger partial charge in [-0.3, -0.25) is 4.79 Å². The van der Waals surface area contributed by atoms with Gasteiger partial charge in [-0.15, -0.1) is 0 Å². The molecule has 1 fully saturated rings. The summed E-state index contributed by atoms with van der Waals surface area (Å²) in [6, 6.07) is 0. The smallest absolute Gasteiger partial charge is 0.226 e. The van der Waals surface area contributed by atoms with Crippen LogP contribution >= 0.6 is 0 Å². The van der Waals surface area contributed by atoms with Gasteiger partial charge in [-0.25, -0.2) is 0 Å². The van der Waals surface area contributed by atoms with Crippen molar-refractivity contribution in [1.82, 2.24) is 4.90 Å². The molecular weight excluding hydrogens is 192 g/mol. The van der Waals surface area contributed by atoms with E-state index in [1.165, 1.54) is 0 Å². The van der Waals surface area contributed by atoms with Gasteiger partial charge in [0.2, 0.25) is 5.91 Å². The molecule has 0 spiro atoms. The number of nitrogens with zero attached hydrogens (tertiary/aromatic N) is 1. The molecule has 1 heterocycles. The summed E-state index contributed by atoms with van der Waals surface area (Å²) < 4.78 is 5.70. The van der Waals surface area contributed by atoms with E-state index in [0.717, 1.165) is 6.42 Å². The second-order valence-corrected chi connectivity index (χ2v) is 4.36. The third-order valence-electron chi connectivity index (χ3n) is 2.87. The number of hydrogen-bond donors (Lipinski definition) is 1. The number of amides is 1. The molecule has 15 heavy (non-hydrogen) atoms. The fraction of sp³-hybridized carbons (Fsp3) is 0.909. The lowest BCUT2D eigenvalue weighted by Crippen LogP contribution is -2.51. The Balaban J connectivity index is 2.57. The van der Waals surface area contributed by atoms with Crippen molar-refractivity contribution >= 4 is 5.91 Å². The molecule has 1 aliphatic rings. The largest absolute Gasteiger partial charge is 0.372 e. The van der Waals surface area contributed by atoms with Gasteiger partial charge in [-0.2, -0.15) is 0 Å². The summed E-state index contributed by atoms with van der Waals surface area (Å²) in [7, 11) is 0. The zero-order chi connectivity index (χ0) is 11.4. The van der Waals surface area contributed by atoms with E-state index in [1.807, 2.05) is 18.7 Å². The lowest BCUT2D eigenvalue weighted by atomic mass is 10.1. The van der Waals surface area contributed by atoms with Crippen LogP contribution in [0, 0.1) is 5.92 Å². The number of carbonyl (C=O) groups is 1. The highest BCUT2D eigenvalue weighted by atomic mass is 16.5. The molecule has 1 aliphatic heterocycles. The quantitative estimate of drug-likeness (QED) is 0.749. The van der Waals surface area contributed by atoms with Crippen LogP contribution < -0.4 is 5.73 Å². The van der Waals surface area contributed by atoms with E-state index in [1.54, 1.807) is 0 Å². The first-order valence-electron chi connectivity index (χ1n) is 5.72. The molecule has 3 atom stereocenters. The molecule has 0 aromatic rings. The van der Waals surface area contributed by atoms with E-state index in [9.17, 15) is 4.79 Å². The van der Waals surface area contributed by atoms with Crippen LogP contribution in [0.1, 0.15) is 27.2 Å². The molecule has 88 valence electrons. The molecule has 0 aliphatic carbocycles. The Morgan fingerprint density at radius 1 is 1.60 bits per heavy atom. The van der Waals surface area contributed by atoms with Gasteiger partial charge < -0.3 is 15.4 Å². The number of hydrogen-bond acceptors (Lipinski definition) is 3. The van der Waals surface area contributed by atoms with Crippen molar-refractivity contribution in [2.45, 2.75) is 39.4 Å². The van der Waals surface area contributed by atoms with Crippen molar-refractivity contribution in [1.29, 1.82) is 0 Å². The monoisotopic (exact) mass is 214 g/mol. The van der Waals surface area contributed by atoms with Crippen molar-refractivity contribution in [3.05, 3.63) is 0 Å². The van der Waals surface area contributed by atoms with E-state index in [-0.39, 0.29) is 24.0 Å². The van der Waals surface area contributed by atoms with Gasteiger partial charge in [-0.1, -0.05) is 13.8 Å². The Morgan fingerprint density at radius 3 is 2.80 bits per heavy atom. The lowest BCUT2D eigenvalue weighted by Gasteiger charge is -2.37. The maximum absolute atomic E-state index is 11.9. The van der Waals surface area contributed by atoms with Gasteiger partial charge in [0.05, 0.1) is 12.2 Å². The second kappa shape index (κ2) is 5.47. The van der Waals surface area contributed by atoms with E-state index >= 15 is 0 Å². The minimum atomic E-state index is -0.0761. The van der Waals surface area contributed by atoms with Crippen LogP contribution in [0.15, 0.2) is 0 Å². The molecular formula is C11H22N2O2. The number of nitrogens with two attached hydrogens (primary N) is 1. The zero-order valence-corrected chi connectivity index (χ0v) is 9.90. The summed E-state index contributed by atoms with van der Waals surface area (Å²) in [6.07, 6.45) is 1.27. The first kappa shape index (κ1) is 12.5. The molecule has 4 heteroatoms. The van der Waals surface area contributed by atoms with Crippen molar-refractivity contribution in [2.75, 3.05) is 19.6 Å². The van der Waals surface area contributed by atoms with Crippen molar-refractivity contribution in [3.63, 3.8) is 0 Å². The van der Waals surface area contributed by atoms with Gasteiger partial charge in [0.25, 0.3) is 0 Å². The van der Waals surface area contributed by atoms with Gasteiger partial charge in [0, 0.05) is 25.6 Å². The number of morpholine rings is 1. The number of ether oxygens (including phenoxy) is 1. The van der Waals surface area contributed by atoms with Gasteiger partial charge in [-0.05, 0) is 13.3 Å². The fourth-order valence-electron chi connectivity index (χ4n) is 1.86. The fourth-order valence-corrected chi connectivity index (χ4v) is 1.86. The molecule has 0 aromatic heterocycles. The first-order chi connectivity index (χ1) is 7.08. The molecule has 3 unspecified atom stereocenters. The van der Waals surface area contributed by atoms with Gasteiger partial charge in [0.15, 0.2) is 0 Å². The third-order valence-corrected chi connectivity index (χ3v) is 2.87. The van der Waals surface area contributed by atoms with Crippen LogP contribution in [0.5, 0.6) is 0 Å². The van der Waals surface area contributed by atoms with Crippen LogP contribution in [0.3, 0.4) is 0 Å². The summed E-state index contributed by atoms with van der Waals surface area (Å²) in [6.45, 7) is 7.79. The first-order valence-corrected chi connectivity index (χ1v) is 5.72. The van der Waals surface area contributed by atoms with Crippen LogP contribution in [0.2, 0.25) is 0 Å². The highest BCUT2D eigenvalue weighted by Gasteiger charge is 2.29. The van der Waals surface area contributed by atoms with Gasteiger partial charge in [0.1, 0.15) is 0 Å². The molecule has 0 radical (unpaired) electrons. The Kier molecular flexibility index (Phi) is 4.54. The molecule has 0 aromatic carbocycles. The van der Waals surface area contributed by atoms with E-state index in [2.05, 4.69) is 6.92 Å². The van der Waals surface area contributed by atoms with Crippen LogP contribution in [-0.4, -0.2) is 42.6 Å². The molecule has 2 N–H and O–H groups in total. The molecule has 1 saturated heterocycles. The average molecular weight is 214 g/mol. The summed E-state index contributed by atoms with van der Waals surface area (Å²) in [5.41, 5.74) is 5.50. The highest BCUT2D eigenvalue weighted by Crippen LogP contribution is 2.15. The zero-order valence-electron chi connectivity index (χ0n) is 9.90. The van der Waals surface area contributed by atoms with Crippen LogP contribution in [0.25, 0.3) is 0 Å². The Morgan fingerprint density at radius 2 is 2.27 bits per heavy atom. The Labute approximate surface area is 91.8 Å². The molecule has 0 saturated carbocycles. The second-order valence-electron chi connectivity index (χ2n) is 4.36. The van der Waals surface area contributed by atoms with Gasteiger partial charge >= 0.3 is 0 Å². The summed E-state index contributed by atoms with van der Waals surface area (Å²) in [4.78, 5) is 13.8. The summed E-state index contributed by atoms with van der Waals surface area (Å²) in [5.74, 6) is 0.0823. The van der Waals surface area contributed by atoms with Crippen molar-refractivity contribution in [2.24, 2.45) is 11.7 Å². The summed E-state index contributed by atoms with van der Waals surface area (Å²) in [5, 5.41) is 0. The normalized spacial score (nSPS) is 28.9. The van der Waals surface area contributed by atoms with Crippen molar-refractivity contribution < 1.29 is 9.53 Å².